The van der Waals surface area contributed by atoms with Gasteiger partial charge in [0.1, 0.15) is 48.8 Å². The molecule has 1 amide bonds. The van der Waals surface area contributed by atoms with E-state index in [1.165, 1.54) is 0 Å². The van der Waals surface area contributed by atoms with Crippen molar-refractivity contribution < 1.29 is 54.8 Å². The number of hydrogen-bond donors (Lipinski definition) is 8. The van der Waals surface area contributed by atoms with Crippen molar-refractivity contribution in [2.24, 2.45) is 0 Å². The largest absolute Gasteiger partial charge is 0.394 e. The summed E-state index contributed by atoms with van der Waals surface area (Å²) in [6.45, 7) is -0.195. The second-order valence-electron chi connectivity index (χ2n) is 6.26. The van der Waals surface area contributed by atoms with Crippen LogP contribution in [0.3, 0.4) is 0 Å². The van der Waals surface area contributed by atoms with Crippen LogP contribution in [0.5, 0.6) is 0 Å². The van der Waals surface area contributed by atoms with Gasteiger partial charge < -0.3 is 55.3 Å². The molecular weight excluding hydrogens is 358 g/mol. The maximum atomic E-state index is 11.2. The average Bonchev–Trinajstić information content (AvgIpc) is 2.60. The quantitative estimate of drug-likeness (QED) is 0.226. The van der Waals surface area contributed by atoms with Crippen molar-refractivity contribution in [1.82, 2.24) is 5.32 Å². The molecule has 0 radical (unpaired) electrons. The summed E-state index contributed by atoms with van der Waals surface area (Å²) in [5.41, 5.74) is 0. The Morgan fingerprint density at radius 1 is 0.923 bits per heavy atom. The second-order valence-corrected chi connectivity index (χ2v) is 6.26. The van der Waals surface area contributed by atoms with Gasteiger partial charge in [-0.2, -0.15) is 0 Å². The van der Waals surface area contributed by atoms with Crippen LogP contribution in [-0.4, -0.2) is 116 Å². The predicted molar refractivity (Wildman–Crippen MR) is 80.2 cm³/mol. The number of hydrogen-bond acceptors (Lipinski definition) is 11. The molecule has 12 heteroatoms. The van der Waals surface area contributed by atoms with E-state index in [1.807, 2.05) is 0 Å². The molecule has 2 aliphatic heterocycles. The predicted octanol–water partition coefficient (Wildman–Crippen LogP) is -5.25. The summed E-state index contributed by atoms with van der Waals surface area (Å²) < 4.78 is 15.7. The first-order valence-corrected chi connectivity index (χ1v) is 8.06. The maximum Gasteiger partial charge on any atom is 0.217 e. The number of carbonyl (C=O) groups excluding carboxylic acids is 1. The van der Waals surface area contributed by atoms with Gasteiger partial charge in [-0.25, -0.2) is 0 Å². The molecule has 0 aromatic carbocycles. The molecule has 8 N–H and O–H groups in total. The number of amides is 1. The molecule has 0 saturated carbocycles. The molecule has 2 heterocycles. The molecule has 0 spiro atoms. The van der Waals surface area contributed by atoms with Gasteiger partial charge in [-0.1, -0.05) is 0 Å². The molecule has 0 aromatic rings. The normalized spacial score (nSPS) is 46.8. The standard InChI is InChI=1S/C14H25NO11/c1-4(18)15-7-9(20)12(6(3-17)24-13(7)23)26-14-11(22)10(21)8(19)5(2-16)25-14/h5-14,16-17,19-23H,2-3H2,1H3,(H,15,18)/t5-,6-,7-,8+,9-,10+,11-,12-,13-,14?/m1/s1. The minimum Gasteiger partial charge on any atom is -0.394 e. The van der Waals surface area contributed by atoms with Gasteiger partial charge in [0.15, 0.2) is 12.6 Å². The van der Waals surface area contributed by atoms with Gasteiger partial charge in [0.05, 0.1) is 13.2 Å². The van der Waals surface area contributed by atoms with Gasteiger partial charge in [0, 0.05) is 6.92 Å². The Morgan fingerprint density at radius 3 is 2.08 bits per heavy atom. The maximum absolute atomic E-state index is 11.2. The van der Waals surface area contributed by atoms with E-state index in [4.69, 9.17) is 14.2 Å². The summed E-state index contributed by atoms with van der Waals surface area (Å²) >= 11 is 0. The average molecular weight is 383 g/mol. The topological polar surface area (TPSA) is 198 Å². The molecule has 26 heavy (non-hydrogen) atoms. The molecule has 0 aliphatic carbocycles. The van der Waals surface area contributed by atoms with Gasteiger partial charge in [0.2, 0.25) is 5.91 Å². The first-order chi connectivity index (χ1) is 12.2. The highest BCUT2D eigenvalue weighted by atomic mass is 16.7. The monoisotopic (exact) mass is 383 g/mol. The summed E-state index contributed by atoms with van der Waals surface area (Å²) in [5, 5.41) is 70.7. The SMILES string of the molecule is CC(=O)N[C@@H]1[C@@H](O)[C@H](OC2O[C@H](CO)[C@H](O)[C@H](O)[C@H]2O)[C@@H](CO)O[C@H]1O. The molecule has 2 rings (SSSR count). The minimum absolute atomic E-state index is 0.564. The van der Waals surface area contributed by atoms with E-state index in [0.717, 1.165) is 6.92 Å². The number of aliphatic hydroxyl groups excluding tert-OH is 7. The highest BCUT2D eigenvalue weighted by Crippen LogP contribution is 2.28. The Kier molecular flexibility index (Phi) is 7.27. The zero-order valence-corrected chi connectivity index (χ0v) is 14.0. The number of carbonyl (C=O) groups is 1. The zero-order valence-electron chi connectivity index (χ0n) is 14.0. The third-order valence-electron chi connectivity index (χ3n) is 4.38. The molecule has 152 valence electrons. The van der Waals surface area contributed by atoms with Crippen LogP contribution in [-0.2, 0) is 19.0 Å². The van der Waals surface area contributed by atoms with Crippen LogP contribution in [0.25, 0.3) is 0 Å². The van der Waals surface area contributed by atoms with Crippen LogP contribution in [0, 0.1) is 0 Å². The van der Waals surface area contributed by atoms with Crippen molar-refractivity contribution in [2.45, 2.75) is 68.3 Å². The fraction of sp³-hybridized carbons (Fsp3) is 0.929. The first-order valence-electron chi connectivity index (χ1n) is 8.06. The van der Waals surface area contributed by atoms with Crippen molar-refractivity contribution >= 4 is 5.91 Å². The van der Waals surface area contributed by atoms with E-state index in [-0.39, 0.29) is 0 Å². The first kappa shape index (κ1) is 21.4. The Hall–Kier alpha value is -0.930. The van der Waals surface area contributed by atoms with E-state index in [0.29, 0.717) is 0 Å². The van der Waals surface area contributed by atoms with E-state index in [2.05, 4.69) is 5.32 Å². The van der Waals surface area contributed by atoms with E-state index in [9.17, 15) is 40.5 Å². The van der Waals surface area contributed by atoms with Crippen LogP contribution in [0.4, 0.5) is 0 Å². The molecule has 2 saturated heterocycles. The van der Waals surface area contributed by atoms with Crippen LogP contribution >= 0.6 is 0 Å². The third kappa shape index (κ3) is 4.31. The van der Waals surface area contributed by atoms with E-state index in [1.54, 1.807) is 0 Å². The van der Waals surface area contributed by atoms with E-state index >= 15 is 0 Å². The van der Waals surface area contributed by atoms with Crippen LogP contribution in [0.15, 0.2) is 0 Å². The Morgan fingerprint density at radius 2 is 1.54 bits per heavy atom. The second kappa shape index (κ2) is 8.84. The highest BCUT2D eigenvalue weighted by Gasteiger charge is 2.50. The van der Waals surface area contributed by atoms with Crippen molar-refractivity contribution in [3.05, 3.63) is 0 Å². The van der Waals surface area contributed by atoms with Gasteiger partial charge in [-0.05, 0) is 0 Å². The Labute approximate surface area is 148 Å². The molecule has 2 aliphatic rings. The van der Waals surface area contributed by atoms with E-state index < -0.39 is 80.5 Å². The Balaban J connectivity index is 2.16. The molecule has 10 atom stereocenters. The lowest BCUT2D eigenvalue weighted by Crippen LogP contribution is -2.67. The fourth-order valence-electron chi connectivity index (χ4n) is 2.98. The van der Waals surface area contributed by atoms with Gasteiger partial charge in [-0.3, -0.25) is 4.79 Å². The molecule has 1 unspecified atom stereocenters. The summed E-state index contributed by atoms with van der Waals surface area (Å²) in [7, 11) is 0. The lowest BCUT2D eigenvalue weighted by atomic mass is 9.95. The zero-order chi connectivity index (χ0) is 19.6. The number of aliphatic hydroxyl groups is 7. The smallest absolute Gasteiger partial charge is 0.217 e. The molecule has 0 aromatic heterocycles. The summed E-state index contributed by atoms with van der Waals surface area (Å²) in [6, 6.07) is -1.29. The van der Waals surface area contributed by atoms with Crippen LogP contribution in [0.2, 0.25) is 0 Å². The fourth-order valence-corrected chi connectivity index (χ4v) is 2.98. The summed E-state index contributed by atoms with van der Waals surface area (Å²) in [4.78, 5) is 11.2. The molecule has 2 fully saturated rings. The highest BCUT2D eigenvalue weighted by molar-refractivity contribution is 5.73. The lowest BCUT2D eigenvalue weighted by molar-refractivity contribution is -0.345. The van der Waals surface area contributed by atoms with Crippen molar-refractivity contribution in [3.63, 3.8) is 0 Å². The number of nitrogens with one attached hydrogen (secondary N) is 1. The van der Waals surface area contributed by atoms with Crippen LogP contribution in [0.1, 0.15) is 6.92 Å². The lowest BCUT2D eigenvalue weighted by Gasteiger charge is -2.46. The van der Waals surface area contributed by atoms with Crippen molar-refractivity contribution in [3.8, 4) is 0 Å². The van der Waals surface area contributed by atoms with Gasteiger partial charge in [0.25, 0.3) is 0 Å². The summed E-state index contributed by atoms with van der Waals surface area (Å²) in [5.74, 6) is -0.564. The van der Waals surface area contributed by atoms with Crippen molar-refractivity contribution in [1.29, 1.82) is 0 Å². The number of ether oxygens (including phenoxy) is 3. The van der Waals surface area contributed by atoms with Gasteiger partial charge in [-0.15, -0.1) is 0 Å². The number of rotatable bonds is 5. The van der Waals surface area contributed by atoms with Crippen molar-refractivity contribution in [2.75, 3.05) is 13.2 Å². The third-order valence-corrected chi connectivity index (χ3v) is 4.38. The molecular formula is C14H25NO11. The molecule has 12 nitrogen and oxygen atoms in total. The molecule has 0 bridgehead atoms. The van der Waals surface area contributed by atoms with Crippen LogP contribution < -0.4 is 5.32 Å². The summed E-state index contributed by atoms with van der Waals surface area (Å²) in [6.07, 6.45) is -13.6. The Bertz CT molecular complexity index is 478. The minimum atomic E-state index is -1.73. The van der Waals surface area contributed by atoms with Gasteiger partial charge >= 0.3 is 0 Å².